The molecule has 1 fully saturated rings. The normalized spacial score (nSPS) is 35.6. The molecule has 3 aliphatic rings. The number of rotatable bonds is 0. The molecule has 6 heteroatoms. The summed E-state index contributed by atoms with van der Waals surface area (Å²) in [6.45, 7) is 4.68. The van der Waals surface area contributed by atoms with Crippen molar-refractivity contribution in [2.45, 2.75) is 24.3 Å². The molecular formula is C9H10S6. The molecule has 0 spiro atoms. The molecule has 0 aliphatic carbocycles. The lowest BCUT2D eigenvalue weighted by atomic mass is 10.4. The van der Waals surface area contributed by atoms with Crippen molar-refractivity contribution >= 4 is 70.6 Å². The first kappa shape index (κ1) is 11.7. The molecule has 3 rings (SSSR count). The van der Waals surface area contributed by atoms with Gasteiger partial charge in [0, 0.05) is 15.6 Å². The van der Waals surface area contributed by atoms with Crippen LogP contribution in [0.4, 0.5) is 0 Å². The minimum atomic E-state index is 0.773. The van der Waals surface area contributed by atoms with Crippen molar-refractivity contribution in [1.29, 1.82) is 0 Å². The van der Waals surface area contributed by atoms with Gasteiger partial charge in [0.15, 0.2) is 0 Å². The standard InChI is InChI=1S/C9H10S6/c1-4-5(2)13-8(12-4)9-14-6-7(15-9)11-3-10-6/h4-5H,3H2,1-2H3/t4-,5-/m0/s1. The molecular weight excluding hydrogens is 301 g/mol. The van der Waals surface area contributed by atoms with Crippen molar-refractivity contribution in [2.75, 3.05) is 5.08 Å². The summed E-state index contributed by atoms with van der Waals surface area (Å²) in [5.74, 6) is 0. The van der Waals surface area contributed by atoms with Gasteiger partial charge < -0.3 is 0 Å². The summed E-state index contributed by atoms with van der Waals surface area (Å²) in [6, 6.07) is 0. The van der Waals surface area contributed by atoms with Crippen LogP contribution in [0.3, 0.4) is 0 Å². The monoisotopic (exact) mass is 310 g/mol. The van der Waals surface area contributed by atoms with Crippen molar-refractivity contribution in [3.8, 4) is 0 Å². The first-order chi connectivity index (χ1) is 7.24. The van der Waals surface area contributed by atoms with Gasteiger partial charge in [-0.05, 0) is 0 Å². The molecule has 0 saturated carbocycles. The van der Waals surface area contributed by atoms with E-state index in [1.54, 1.807) is 16.9 Å². The van der Waals surface area contributed by atoms with Crippen molar-refractivity contribution in [1.82, 2.24) is 0 Å². The van der Waals surface area contributed by atoms with Crippen LogP contribution in [0.25, 0.3) is 0 Å². The van der Waals surface area contributed by atoms with Gasteiger partial charge in [-0.25, -0.2) is 0 Å². The SMILES string of the molecule is C[C@@H]1SC(=C2SC3=C(SCS3)S2)S[C@H]1C. The fourth-order valence-corrected chi connectivity index (χ4v) is 11.1. The van der Waals surface area contributed by atoms with Gasteiger partial charge >= 0.3 is 0 Å². The quantitative estimate of drug-likeness (QED) is 0.582. The maximum absolute atomic E-state index is 2.34. The molecule has 0 aromatic heterocycles. The number of hydrogen-bond donors (Lipinski definition) is 0. The van der Waals surface area contributed by atoms with Gasteiger partial charge in [0.05, 0.1) is 16.9 Å². The third-order valence-electron chi connectivity index (χ3n) is 2.33. The summed E-state index contributed by atoms with van der Waals surface area (Å²) < 4.78 is 6.23. The van der Waals surface area contributed by atoms with Crippen LogP contribution in [0.1, 0.15) is 13.8 Å². The molecule has 1 saturated heterocycles. The highest BCUT2D eigenvalue weighted by molar-refractivity contribution is 8.46. The summed E-state index contributed by atoms with van der Waals surface area (Å²) in [5.41, 5.74) is 0. The molecule has 2 atom stereocenters. The molecule has 0 amide bonds. The third-order valence-corrected chi connectivity index (χ3v) is 11.7. The van der Waals surface area contributed by atoms with E-state index < -0.39 is 0 Å². The molecule has 0 N–H and O–H groups in total. The average Bonchev–Trinajstić information content (AvgIpc) is 2.80. The largest absolute Gasteiger partial charge is 0.113 e. The van der Waals surface area contributed by atoms with Crippen LogP contribution in [0.15, 0.2) is 16.9 Å². The van der Waals surface area contributed by atoms with E-state index >= 15 is 0 Å². The second kappa shape index (κ2) is 4.69. The highest BCUT2D eigenvalue weighted by Crippen LogP contribution is 2.66. The number of thioether (sulfide) groups is 6. The molecule has 15 heavy (non-hydrogen) atoms. The molecule has 0 unspecified atom stereocenters. The van der Waals surface area contributed by atoms with Crippen LogP contribution in [0.5, 0.6) is 0 Å². The summed E-state index contributed by atoms with van der Waals surface area (Å²) >= 11 is 12.2. The maximum atomic E-state index is 2.34. The Morgan fingerprint density at radius 2 is 1.33 bits per heavy atom. The van der Waals surface area contributed by atoms with Gasteiger partial charge in [-0.3, -0.25) is 0 Å². The molecule has 82 valence electrons. The van der Waals surface area contributed by atoms with E-state index in [1.165, 1.54) is 5.08 Å². The van der Waals surface area contributed by atoms with Crippen LogP contribution in [-0.4, -0.2) is 15.6 Å². The molecule has 0 aromatic rings. The van der Waals surface area contributed by atoms with E-state index in [9.17, 15) is 0 Å². The topological polar surface area (TPSA) is 0 Å². The lowest BCUT2D eigenvalue weighted by molar-refractivity contribution is 0.941. The second-order valence-electron chi connectivity index (χ2n) is 3.41. The van der Waals surface area contributed by atoms with Crippen LogP contribution in [0, 0.1) is 0 Å². The smallest absolute Gasteiger partial charge is 0.0710 e. The van der Waals surface area contributed by atoms with Crippen LogP contribution < -0.4 is 0 Å². The molecule has 0 aromatic carbocycles. The Balaban J connectivity index is 1.78. The van der Waals surface area contributed by atoms with E-state index in [0.29, 0.717) is 0 Å². The predicted molar refractivity (Wildman–Crippen MR) is 83.4 cm³/mol. The fraction of sp³-hybridized carbons (Fsp3) is 0.556. The Morgan fingerprint density at radius 3 is 1.87 bits per heavy atom. The van der Waals surface area contributed by atoms with Crippen molar-refractivity contribution in [2.24, 2.45) is 0 Å². The van der Waals surface area contributed by atoms with Gasteiger partial charge in [0.2, 0.25) is 0 Å². The van der Waals surface area contributed by atoms with Gasteiger partial charge in [-0.2, -0.15) is 0 Å². The third kappa shape index (κ3) is 2.27. The number of hydrogen-bond acceptors (Lipinski definition) is 6. The lowest BCUT2D eigenvalue weighted by Gasteiger charge is -2.02. The maximum Gasteiger partial charge on any atom is 0.0710 e. The van der Waals surface area contributed by atoms with Crippen molar-refractivity contribution in [3.05, 3.63) is 16.9 Å². The van der Waals surface area contributed by atoms with E-state index in [1.807, 2.05) is 47.0 Å². The van der Waals surface area contributed by atoms with Gasteiger partial charge in [0.1, 0.15) is 0 Å². The van der Waals surface area contributed by atoms with E-state index in [4.69, 9.17) is 0 Å². The van der Waals surface area contributed by atoms with E-state index in [2.05, 4.69) is 37.4 Å². The Hall–Kier alpha value is 1.58. The molecule has 3 aliphatic heterocycles. The van der Waals surface area contributed by atoms with Crippen molar-refractivity contribution < 1.29 is 0 Å². The molecule has 0 bridgehead atoms. The molecule has 3 heterocycles. The minimum absolute atomic E-state index is 0.773. The van der Waals surface area contributed by atoms with Gasteiger partial charge in [0.25, 0.3) is 0 Å². The fourth-order valence-electron chi connectivity index (χ4n) is 1.32. The summed E-state index contributed by atoms with van der Waals surface area (Å²) in [6.07, 6.45) is 0. The minimum Gasteiger partial charge on any atom is -0.113 e. The first-order valence-corrected chi connectivity index (χ1v) is 10.0. The zero-order chi connectivity index (χ0) is 10.4. The van der Waals surface area contributed by atoms with Crippen LogP contribution >= 0.6 is 70.6 Å². The second-order valence-corrected chi connectivity index (χ2v) is 11.6. The summed E-state index contributed by atoms with van der Waals surface area (Å²) in [7, 11) is 0. The Kier molecular flexibility index (Phi) is 3.64. The van der Waals surface area contributed by atoms with E-state index in [0.717, 1.165) is 10.5 Å². The zero-order valence-electron chi connectivity index (χ0n) is 8.31. The Morgan fingerprint density at radius 1 is 0.800 bits per heavy atom. The van der Waals surface area contributed by atoms with Gasteiger partial charge in [-0.1, -0.05) is 37.4 Å². The van der Waals surface area contributed by atoms with Gasteiger partial charge in [-0.15, -0.1) is 47.0 Å². The highest BCUT2D eigenvalue weighted by Gasteiger charge is 2.33. The Labute approximate surface area is 116 Å². The average molecular weight is 311 g/mol. The molecule has 0 nitrogen and oxygen atoms in total. The Bertz CT molecular complexity index is 328. The highest BCUT2D eigenvalue weighted by atomic mass is 32.3. The van der Waals surface area contributed by atoms with Crippen LogP contribution in [-0.2, 0) is 0 Å². The van der Waals surface area contributed by atoms with Crippen LogP contribution in [0.2, 0.25) is 0 Å². The lowest BCUT2D eigenvalue weighted by Crippen LogP contribution is -2.04. The predicted octanol–water partition coefficient (Wildman–Crippen LogP) is 5.41. The van der Waals surface area contributed by atoms with E-state index in [-0.39, 0.29) is 0 Å². The summed E-state index contributed by atoms with van der Waals surface area (Å²) in [4.78, 5) is 0. The van der Waals surface area contributed by atoms with Crippen molar-refractivity contribution in [3.63, 3.8) is 0 Å². The molecule has 0 radical (unpaired) electrons. The summed E-state index contributed by atoms with van der Waals surface area (Å²) in [5, 5.41) is 2.77. The zero-order valence-corrected chi connectivity index (χ0v) is 13.2. The first-order valence-electron chi connectivity index (χ1n) is 4.67.